The maximum atomic E-state index is 13.6. The molecule has 0 bridgehead atoms. The van der Waals surface area contributed by atoms with Crippen LogP contribution in [0.25, 0.3) is 0 Å². The van der Waals surface area contributed by atoms with E-state index in [4.69, 9.17) is 44.0 Å². The molecule has 1 aromatic heterocycles. The first-order valence-electron chi connectivity index (χ1n) is 13.9. The van der Waals surface area contributed by atoms with Gasteiger partial charge in [0.2, 0.25) is 17.7 Å². The number of nitrogens with one attached hydrogen (secondary N) is 3. The molecule has 0 saturated heterocycles. The third kappa shape index (κ3) is 14.5. The minimum atomic E-state index is -5.08. The molecule has 0 aliphatic carbocycles. The Kier molecular flexibility index (Phi) is 16.2. The molecule has 3 atom stereocenters. The molecule has 0 fully saturated rings. The highest BCUT2D eigenvalue weighted by molar-refractivity contribution is 5.95. The van der Waals surface area contributed by atoms with Gasteiger partial charge in [-0.05, 0) is 55.8 Å². The number of carboxylic acids is 1. The van der Waals surface area contributed by atoms with Gasteiger partial charge in [0.25, 0.3) is 0 Å². The predicted molar refractivity (Wildman–Crippen MR) is 163 cm³/mol. The maximum absolute atomic E-state index is 13.6. The standard InChI is InChI=1S/C26H38N10O3.C2HF3O2/c27-11-1-5-21(25(39)35-20(23(30)37)6-3-13-34-26(31)32)36-24(38)19(18-4-2-12-33-15-18)14-16-7-9-17(10-8-16)22(28)29;3-2(4,5)1(6)7/h2,4,7-10,12,15,19-21H,1,3,5-6,11,13-14,27H2,(H3,28,29)(H2,30,37)(H,35,39)(H,36,38)(H4,31,32,34);(H,6,7)/t19-,20?,21-;/m0./s1. The molecule has 0 radical (unpaired) electrons. The van der Waals surface area contributed by atoms with E-state index in [9.17, 15) is 27.6 Å². The van der Waals surface area contributed by atoms with Crippen LogP contribution < -0.4 is 39.3 Å². The molecule has 0 aliphatic heterocycles. The van der Waals surface area contributed by atoms with Gasteiger partial charge in [-0.25, -0.2) is 4.79 Å². The summed E-state index contributed by atoms with van der Waals surface area (Å²) in [5, 5.41) is 20.2. The van der Waals surface area contributed by atoms with E-state index in [2.05, 4.69) is 20.6 Å². The lowest BCUT2D eigenvalue weighted by molar-refractivity contribution is -0.192. The van der Waals surface area contributed by atoms with Crippen molar-refractivity contribution in [2.45, 2.75) is 56.3 Å². The number of rotatable bonds is 16. The molecule has 0 saturated carbocycles. The molecule has 1 heterocycles. The van der Waals surface area contributed by atoms with Crippen molar-refractivity contribution in [3.63, 3.8) is 0 Å². The number of carboxylic acid groups (broad SMARTS) is 1. The quantitative estimate of drug-likeness (QED) is 0.0640. The van der Waals surface area contributed by atoms with Crippen LogP contribution in [0.15, 0.2) is 53.8 Å². The Morgan fingerprint density at radius 1 is 0.935 bits per heavy atom. The molecular formula is C28H39F3N10O5. The summed E-state index contributed by atoms with van der Waals surface area (Å²) >= 11 is 0. The molecule has 46 heavy (non-hydrogen) atoms. The molecule has 15 nitrogen and oxygen atoms in total. The summed E-state index contributed by atoms with van der Waals surface area (Å²) in [5.74, 6) is -5.19. The van der Waals surface area contributed by atoms with Crippen LogP contribution in [0, 0.1) is 5.41 Å². The lowest BCUT2D eigenvalue weighted by atomic mass is 9.91. The number of hydrogen-bond donors (Lipinski definition) is 9. The topological polar surface area (TPSA) is 292 Å². The Hall–Kier alpha value is -5.26. The van der Waals surface area contributed by atoms with Crippen LogP contribution in [-0.4, -0.2) is 76.9 Å². The molecule has 2 rings (SSSR count). The number of nitrogens with two attached hydrogens (primary N) is 5. The monoisotopic (exact) mass is 652 g/mol. The molecular weight excluding hydrogens is 613 g/mol. The summed E-state index contributed by atoms with van der Waals surface area (Å²) in [6.07, 6.45) is -0.191. The van der Waals surface area contributed by atoms with E-state index in [0.29, 0.717) is 36.9 Å². The van der Waals surface area contributed by atoms with Crippen molar-refractivity contribution >= 4 is 35.5 Å². The number of nitrogens with zero attached hydrogens (tertiary/aromatic N) is 2. The Labute approximate surface area is 262 Å². The molecule has 2 aromatic rings. The minimum absolute atomic E-state index is 0.0534. The zero-order valence-corrected chi connectivity index (χ0v) is 24.8. The molecule has 1 unspecified atom stereocenters. The average Bonchev–Trinajstić information content (AvgIpc) is 2.99. The Balaban J connectivity index is 0.00000135. The number of carbonyl (C=O) groups is 4. The van der Waals surface area contributed by atoms with Crippen LogP contribution in [0.2, 0.25) is 0 Å². The van der Waals surface area contributed by atoms with Gasteiger partial charge in [0, 0.05) is 24.5 Å². The SMILES string of the molecule is N=C(N)c1ccc(C[C@H](C(=O)N[C@@H](CCCN)C(=O)NC(CCCN=C(N)N)C(N)=O)c2cccnc2)cc1.O=C(O)C(F)(F)F. The first kappa shape index (κ1) is 38.8. The number of aliphatic imine (C=N–C) groups is 1. The summed E-state index contributed by atoms with van der Waals surface area (Å²) in [6, 6.07) is 8.63. The zero-order valence-electron chi connectivity index (χ0n) is 24.8. The van der Waals surface area contributed by atoms with Crippen molar-refractivity contribution in [1.82, 2.24) is 15.6 Å². The van der Waals surface area contributed by atoms with Crippen molar-refractivity contribution in [2.24, 2.45) is 33.7 Å². The van der Waals surface area contributed by atoms with Crippen LogP contribution >= 0.6 is 0 Å². The highest BCUT2D eigenvalue weighted by Crippen LogP contribution is 2.22. The first-order valence-corrected chi connectivity index (χ1v) is 13.9. The molecule has 3 amide bonds. The number of alkyl halides is 3. The Morgan fingerprint density at radius 3 is 2.00 bits per heavy atom. The largest absolute Gasteiger partial charge is 0.490 e. The van der Waals surface area contributed by atoms with E-state index < -0.39 is 42.0 Å². The van der Waals surface area contributed by atoms with Crippen molar-refractivity contribution in [3.05, 3.63) is 65.5 Å². The average molecular weight is 653 g/mol. The number of guanidine groups is 1. The van der Waals surface area contributed by atoms with E-state index in [1.165, 1.54) is 0 Å². The third-order valence-corrected chi connectivity index (χ3v) is 6.29. The number of amidine groups is 1. The molecule has 14 N–H and O–H groups in total. The third-order valence-electron chi connectivity index (χ3n) is 6.29. The predicted octanol–water partition coefficient (Wildman–Crippen LogP) is -0.427. The van der Waals surface area contributed by atoms with Crippen molar-refractivity contribution in [2.75, 3.05) is 13.1 Å². The molecule has 252 valence electrons. The van der Waals surface area contributed by atoms with Crippen molar-refractivity contribution < 1.29 is 37.5 Å². The van der Waals surface area contributed by atoms with Gasteiger partial charge < -0.3 is 44.4 Å². The van der Waals surface area contributed by atoms with Crippen LogP contribution in [0.5, 0.6) is 0 Å². The molecule has 0 aliphatic rings. The smallest absolute Gasteiger partial charge is 0.475 e. The van der Waals surface area contributed by atoms with Gasteiger partial charge in [-0.3, -0.25) is 29.8 Å². The van der Waals surface area contributed by atoms with Gasteiger partial charge in [0.05, 0.1) is 5.92 Å². The van der Waals surface area contributed by atoms with Crippen molar-refractivity contribution in [3.8, 4) is 0 Å². The summed E-state index contributed by atoms with van der Waals surface area (Å²) in [5.41, 5.74) is 29.4. The number of carbonyl (C=O) groups excluding carboxylic acids is 3. The highest BCUT2D eigenvalue weighted by Gasteiger charge is 2.38. The minimum Gasteiger partial charge on any atom is -0.475 e. The number of primary amides is 1. The van der Waals surface area contributed by atoms with Crippen LogP contribution in [0.4, 0.5) is 13.2 Å². The first-order chi connectivity index (χ1) is 21.6. The fourth-order valence-corrected chi connectivity index (χ4v) is 3.92. The highest BCUT2D eigenvalue weighted by atomic mass is 19.4. The van der Waals surface area contributed by atoms with Crippen molar-refractivity contribution in [1.29, 1.82) is 5.41 Å². The van der Waals surface area contributed by atoms with Gasteiger partial charge >= 0.3 is 12.1 Å². The second kappa shape index (κ2) is 19.2. The maximum Gasteiger partial charge on any atom is 0.490 e. The number of benzene rings is 1. The number of amides is 3. The number of nitrogen functional groups attached to an aromatic ring is 1. The summed E-state index contributed by atoms with van der Waals surface area (Å²) in [4.78, 5) is 55.6. The fraction of sp³-hybridized carbons (Fsp3) is 0.393. The van der Waals surface area contributed by atoms with Gasteiger partial charge in [0.1, 0.15) is 17.9 Å². The summed E-state index contributed by atoms with van der Waals surface area (Å²) in [7, 11) is 0. The summed E-state index contributed by atoms with van der Waals surface area (Å²) in [6.45, 7) is 0.585. The van der Waals surface area contributed by atoms with E-state index in [0.717, 1.165) is 5.56 Å². The van der Waals surface area contributed by atoms with Gasteiger partial charge in [-0.1, -0.05) is 30.3 Å². The molecule has 1 aromatic carbocycles. The number of halogens is 3. The Morgan fingerprint density at radius 2 is 1.52 bits per heavy atom. The normalized spacial score (nSPS) is 12.7. The van der Waals surface area contributed by atoms with E-state index in [1.807, 2.05) is 0 Å². The molecule has 18 heteroatoms. The number of aromatic nitrogens is 1. The van der Waals surface area contributed by atoms with Crippen LogP contribution in [0.3, 0.4) is 0 Å². The lowest BCUT2D eigenvalue weighted by Gasteiger charge is -2.24. The van der Waals surface area contributed by atoms with Gasteiger partial charge in [-0.2, -0.15) is 13.2 Å². The number of hydrogen-bond acceptors (Lipinski definition) is 8. The fourth-order valence-electron chi connectivity index (χ4n) is 3.92. The van der Waals surface area contributed by atoms with Crippen LogP contribution in [0.1, 0.15) is 48.3 Å². The Bertz CT molecular complexity index is 1340. The van der Waals surface area contributed by atoms with Gasteiger partial charge in [0.15, 0.2) is 5.96 Å². The number of pyridine rings is 1. The second-order valence-corrected chi connectivity index (χ2v) is 9.86. The molecule has 0 spiro atoms. The second-order valence-electron chi connectivity index (χ2n) is 9.86. The van der Waals surface area contributed by atoms with E-state index >= 15 is 0 Å². The van der Waals surface area contributed by atoms with Crippen LogP contribution in [-0.2, 0) is 25.6 Å². The summed E-state index contributed by atoms with van der Waals surface area (Å²) < 4.78 is 31.7. The lowest BCUT2D eigenvalue weighted by Crippen LogP contribution is -2.53. The zero-order chi connectivity index (χ0) is 34.9. The van der Waals surface area contributed by atoms with E-state index in [1.54, 1.807) is 48.8 Å². The van der Waals surface area contributed by atoms with E-state index in [-0.39, 0.29) is 37.1 Å². The number of aliphatic carboxylic acids is 1. The van der Waals surface area contributed by atoms with Gasteiger partial charge in [-0.15, -0.1) is 0 Å².